The van der Waals surface area contributed by atoms with Crippen molar-refractivity contribution in [1.29, 1.82) is 0 Å². The highest BCUT2D eigenvalue weighted by Crippen LogP contribution is 2.34. The molecule has 1 N–H and O–H groups in total. The van der Waals surface area contributed by atoms with Gasteiger partial charge in [-0.1, -0.05) is 13.8 Å². The number of nitrogens with zero attached hydrogens (tertiary/aromatic N) is 1. The van der Waals surface area contributed by atoms with E-state index >= 15 is 0 Å². The van der Waals surface area contributed by atoms with Crippen molar-refractivity contribution in [3.05, 3.63) is 16.6 Å². The summed E-state index contributed by atoms with van der Waals surface area (Å²) in [7, 11) is 0. The first-order chi connectivity index (χ1) is 7.66. The normalized spacial score (nSPS) is 21.1. The van der Waals surface area contributed by atoms with Crippen LogP contribution in [0.2, 0.25) is 0 Å². The van der Waals surface area contributed by atoms with Gasteiger partial charge in [-0.15, -0.1) is 11.3 Å². The maximum Gasteiger partial charge on any atom is 0.0937 e. The second kappa shape index (κ2) is 5.28. The SMILES string of the molecule is CC1(C)CCC(NCCc2nccs2)CC1. The fourth-order valence-corrected chi connectivity index (χ4v) is 2.98. The average molecular weight is 238 g/mol. The van der Waals surface area contributed by atoms with E-state index in [1.54, 1.807) is 11.3 Å². The lowest BCUT2D eigenvalue weighted by molar-refractivity contribution is 0.207. The molecule has 1 aromatic rings. The Morgan fingerprint density at radius 1 is 1.44 bits per heavy atom. The summed E-state index contributed by atoms with van der Waals surface area (Å²) in [5.74, 6) is 0. The molecule has 3 heteroatoms. The Hall–Kier alpha value is -0.410. The molecule has 0 atom stereocenters. The lowest BCUT2D eigenvalue weighted by Gasteiger charge is -2.34. The van der Waals surface area contributed by atoms with Crippen LogP contribution in [-0.2, 0) is 6.42 Å². The highest BCUT2D eigenvalue weighted by Gasteiger charge is 2.26. The zero-order valence-electron chi connectivity index (χ0n) is 10.3. The predicted molar refractivity (Wildman–Crippen MR) is 69.9 cm³/mol. The van der Waals surface area contributed by atoms with Crippen molar-refractivity contribution in [2.75, 3.05) is 6.54 Å². The van der Waals surface area contributed by atoms with Gasteiger partial charge in [0.2, 0.25) is 0 Å². The molecule has 1 heterocycles. The highest BCUT2D eigenvalue weighted by molar-refractivity contribution is 7.09. The van der Waals surface area contributed by atoms with Crippen molar-refractivity contribution >= 4 is 11.3 Å². The van der Waals surface area contributed by atoms with Crippen molar-refractivity contribution in [1.82, 2.24) is 10.3 Å². The van der Waals surface area contributed by atoms with Crippen molar-refractivity contribution in [2.24, 2.45) is 5.41 Å². The zero-order chi connectivity index (χ0) is 11.4. The lowest BCUT2D eigenvalue weighted by Crippen LogP contribution is -2.36. The number of aromatic nitrogens is 1. The van der Waals surface area contributed by atoms with Gasteiger partial charge >= 0.3 is 0 Å². The summed E-state index contributed by atoms with van der Waals surface area (Å²) in [6.45, 7) is 5.86. The molecule has 16 heavy (non-hydrogen) atoms. The van der Waals surface area contributed by atoms with E-state index in [4.69, 9.17) is 0 Å². The standard InChI is InChI=1S/C13H22N2S/c1-13(2)6-3-11(4-7-13)14-8-5-12-15-9-10-16-12/h9-11,14H,3-8H2,1-2H3. The molecule has 0 spiro atoms. The van der Waals surface area contributed by atoms with Gasteiger partial charge in [0.15, 0.2) is 0 Å². The first-order valence-corrected chi connectivity index (χ1v) is 7.15. The van der Waals surface area contributed by atoms with Crippen molar-refractivity contribution in [3.8, 4) is 0 Å². The first kappa shape index (κ1) is 12.1. The summed E-state index contributed by atoms with van der Waals surface area (Å²) < 4.78 is 0. The van der Waals surface area contributed by atoms with Crippen molar-refractivity contribution in [3.63, 3.8) is 0 Å². The minimum atomic E-state index is 0.577. The smallest absolute Gasteiger partial charge is 0.0937 e. The Balaban J connectivity index is 1.64. The molecular weight excluding hydrogens is 216 g/mol. The summed E-state index contributed by atoms with van der Waals surface area (Å²) in [6, 6.07) is 0.744. The fourth-order valence-electron chi connectivity index (χ4n) is 2.36. The minimum Gasteiger partial charge on any atom is -0.314 e. The van der Waals surface area contributed by atoms with E-state index in [2.05, 4.69) is 29.5 Å². The summed E-state index contributed by atoms with van der Waals surface area (Å²) in [5.41, 5.74) is 0.577. The third-order valence-corrected chi connectivity index (χ3v) is 4.43. The molecule has 1 aliphatic carbocycles. The molecule has 1 fully saturated rings. The molecular formula is C13H22N2S. The molecule has 2 rings (SSSR count). The average Bonchev–Trinajstić information content (AvgIpc) is 2.73. The summed E-state index contributed by atoms with van der Waals surface area (Å²) >= 11 is 1.76. The van der Waals surface area contributed by atoms with E-state index in [0.717, 1.165) is 19.0 Å². The van der Waals surface area contributed by atoms with E-state index in [-0.39, 0.29) is 0 Å². The number of hydrogen-bond donors (Lipinski definition) is 1. The number of rotatable bonds is 4. The van der Waals surface area contributed by atoms with Gasteiger partial charge in [0.25, 0.3) is 0 Å². The largest absolute Gasteiger partial charge is 0.314 e. The van der Waals surface area contributed by atoms with Gasteiger partial charge in [-0.3, -0.25) is 0 Å². The van der Waals surface area contributed by atoms with Crippen LogP contribution in [-0.4, -0.2) is 17.6 Å². The van der Waals surface area contributed by atoms with E-state index in [1.165, 1.54) is 30.7 Å². The van der Waals surface area contributed by atoms with Gasteiger partial charge in [-0.25, -0.2) is 4.98 Å². The van der Waals surface area contributed by atoms with Crippen molar-refractivity contribution < 1.29 is 0 Å². The van der Waals surface area contributed by atoms with Crippen molar-refractivity contribution in [2.45, 2.75) is 52.0 Å². The Kier molecular flexibility index (Phi) is 3.98. The van der Waals surface area contributed by atoms with Crippen LogP contribution in [0, 0.1) is 5.41 Å². The van der Waals surface area contributed by atoms with Gasteiger partial charge in [-0.05, 0) is 31.1 Å². The Labute approximate surface area is 102 Å². The Morgan fingerprint density at radius 3 is 2.81 bits per heavy atom. The minimum absolute atomic E-state index is 0.577. The number of thiazole rings is 1. The van der Waals surface area contributed by atoms with Crippen LogP contribution < -0.4 is 5.32 Å². The van der Waals surface area contributed by atoms with E-state index in [9.17, 15) is 0 Å². The quantitative estimate of drug-likeness (QED) is 0.871. The van der Waals surface area contributed by atoms with Gasteiger partial charge in [0.1, 0.15) is 0 Å². The molecule has 1 aliphatic rings. The summed E-state index contributed by atoms with van der Waals surface area (Å²) in [6.07, 6.45) is 8.38. The maximum absolute atomic E-state index is 4.30. The van der Waals surface area contributed by atoms with Crippen LogP contribution in [0.3, 0.4) is 0 Å². The molecule has 1 saturated carbocycles. The van der Waals surface area contributed by atoms with E-state index in [0.29, 0.717) is 5.41 Å². The van der Waals surface area contributed by atoms with E-state index in [1.807, 2.05) is 6.20 Å². The van der Waals surface area contributed by atoms with Gasteiger partial charge in [0, 0.05) is 30.6 Å². The molecule has 0 saturated heterocycles. The first-order valence-electron chi connectivity index (χ1n) is 6.27. The van der Waals surface area contributed by atoms with Crippen LogP contribution in [0.1, 0.15) is 44.5 Å². The highest BCUT2D eigenvalue weighted by atomic mass is 32.1. The Morgan fingerprint density at radius 2 is 2.19 bits per heavy atom. The second-order valence-electron chi connectivity index (χ2n) is 5.57. The number of hydrogen-bond acceptors (Lipinski definition) is 3. The zero-order valence-corrected chi connectivity index (χ0v) is 11.1. The van der Waals surface area contributed by atoms with Gasteiger partial charge < -0.3 is 5.32 Å². The summed E-state index contributed by atoms with van der Waals surface area (Å²) in [5, 5.41) is 6.97. The van der Waals surface area contributed by atoms with Gasteiger partial charge in [-0.2, -0.15) is 0 Å². The molecule has 0 amide bonds. The molecule has 0 aliphatic heterocycles. The number of nitrogens with one attached hydrogen (secondary N) is 1. The predicted octanol–water partition coefficient (Wildman–Crippen LogP) is 3.24. The van der Waals surface area contributed by atoms with Crippen LogP contribution in [0.4, 0.5) is 0 Å². The third kappa shape index (κ3) is 3.56. The molecule has 0 bridgehead atoms. The van der Waals surface area contributed by atoms with Crippen LogP contribution >= 0.6 is 11.3 Å². The Bertz CT molecular complexity index is 296. The fraction of sp³-hybridized carbons (Fsp3) is 0.769. The van der Waals surface area contributed by atoms with Gasteiger partial charge in [0.05, 0.1) is 5.01 Å². The monoisotopic (exact) mass is 238 g/mol. The van der Waals surface area contributed by atoms with Crippen LogP contribution in [0.15, 0.2) is 11.6 Å². The van der Waals surface area contributed by atoms with Crippen LogP contribution in [0.5, 0.6) is 0 Å². The molecule has 90 valence electrons. The summed E-state index contributed by atoms with van der Waals surface area (Å²) in [4.78, 5) is 4.30. The van der Waals surface area contributed by atoms with Crippen LogP contribution in [0.25, 0.3) is 0 Å². The molecule has 0 radical (unpaired) electrons. The van der Waals surface area contributed by atoms with E-state index < -0.39 is 0 Å². The lowest BCUT2D eigenvalue weighted by atomic mass is 9.75. The molecule has 0 aromatic carbocycles. The molecule has 2 nitrogen and oxygen atoms in total. The molecule has 0 unspecified atom stereocenters. The molecule has 1 aromatic heterocycles. The maximum atomic E-state index is 4.30. The second-order valence-corrected chi connectivity index (χ2v) is 6.55. The third-order valence-electron chi connectivity index (χ3n) is 3.59. The topological polar surface area (TPSA) is 24.9 Å².